The van der Waals surface area contributed by atoms with Crippen molar-refractivity contribution in [3.8, 4) is 5.75 Å². The van der Waals surface area contributed by atoms with Crippen molar-refractivity contribution in [2.24, 2.45) is 0 Å². The highest BCUT2D eigenvalue weighted by molar-refractivity contribution is 7.89. The van der Waals surface area contributed by atoms with E-state index < -0.39 is 16.1 Å². The van der Waals surface area contributed by atoms with Gasteiger partial charge in [0, 0.05) is 31.5 Å². The van der Waals surface area contributed by atoms with Crippen LogP contribution in [-0.4, -0.2) is 43.7 Å². The number of ether oxygens (including phenoxy) is 1. The Kier molecular flexibility index (Phi) is 6.20. The van der Waals surface area contributed by atoms with Crippen molar-refractivity contribution in [3.05, 3.63) is 36.4 Å². The maximum Gasteiger partial charge on any atom is 0.319 e. The van der Waals surface area contributed by atoms with Crippen molar-refractivity contribution in [2.75, 3.05) is 19.0 Å². The van der Waals surface area contributed by atoms with Crippen molar-refractivity contribution in [2.45, 2.75) is 43.7 Å². The first-order valence-corrected chi connectivity index (χ1v) is 10.6. The minimum Gasteiger partial charge on any atom is -0.495 e. The SMILES string of the molecule is COc1ccc(S(=O)(=O)NC2CC2)cc1NC(=O)NCCCn1ccnc1C. The Morgan fingerprint density at radius 1 is 1.36 bits per heavy atom. The quantitative estimate of drug-likeness (QED) is 0.549. The lowest BCUT2D eigenvalue weighted by atomic mass is 10.3. The molecular formula is C18H25N5O4S. The number of nitrogens with one attached hydrogen (secondary N) is 3. The first-order valence-electron chi connectivity index (χ1n) is 9.12. The Morgan fingerprint density at radius 2 is 2.14 bits per heavy atom. The number of aryl methyl sites for hydroxylation is 2. The molecule has 0 aliphatic heterocycles. The summed E-state index contributed by atoms with van der Waals surface area (Å²) in [5.74, 6) is 1.31. The van der Waals surface area contributed by atoms with E-state index in [9.17, 15) is 13.2 Å². The molecule has 0 radical (unpaired) electrons. The number of sulfonamides is 1. The van der Waals surface area contributed by atoms with Gasteiger partial charge in [0.25, 0.3) is 0 Å². The van der Waals surface area contributed by atoms with E-state index in [0.29, 0.717) is 18.0 Å². The normalized spacial score (nSPS) is 13.9. The molecule has 3 rings (SSSR count). The predicted molar refractivity (Wildman–Crippen MR) is 105 cm³/mol. The fraction of sp³-hybridized carbons (Fsp3) is 0.444. The molecule has 0 saturated heterocycles. The van der Waals surface area contributed by atoms with Gasteiger partial charge < -0.3 is 19.9 Å². The molecule has 1 fully saturated rings. The molecule has 1 aliphatic carbocycles. The molecule has 152 valence electrons. The van der Waals surface area contributed by atoms with E-state index in [-0.39, 0.29) is 10.9 Å². The summed E-state index contributed by atoms with van der Waals surface area (Å²) in [4.78, 5) is 16.4. The first kappa shape index (κ1) is 20.2. The van der Waals surface area contributed by atoms with Gasteiger partial charge in [-0.1, -0.05) is 0 Å². The number of benzene rings is 1. The van der Waals surface area contributed by atoms with Gasteiger partial charge in [0.15, 0.2) is 0 Å². The summed E-state index contributed by atoms with van der Waals surface area (Å²) in [7, 11) is -2.16. The molecule has 1 aliphatic rings. The number of aromatic nitrogens is 2. The van der Waals surface area contributed by atoms with Gasteiger partial charge in [-0.3, -0.25) is 0 Å². The lowest BCUT2D eigenvalue weighted by molar-refractivity contribution is 0.251. The molecule has 3 N–H and O–H groups in total. The molecule has 0 unspecified atom stereocenters. The third kappa shape index (κ3) is 5.23. The van der Waals surface area contributed by atoms with E-state index in [1.54, 1.807) is 6.20 Å². The lowest BCUT2D eigenvalue weighted by Crippen LogP contribution is -2.30. The van der Waals surface area contributed by atoms with Crippen LogP contribution in [0.25, 0.3) is 0 Å². The van der Waals surface area contributed by atoms with Crippen molar-refractivity contribution in [1.82, 2.24) is 19.6 Å². The summed E-state index contributed by atoms with van der Waals surface area (Å²) >= 11 is 0. The van der Waals surface area contributed by atoms with E-state index in [2.05, 4.69) is 20.3 Å². The number of anilines is 1. The number of carbonyl (C=O) groups is 1. The summed E-state index contributed by atoms with van der Waals surface area (Å²) in [5.41, 5.74) is 0.295. The number of methoxy groups -OCH3 is 1. The van der Waals surface area contributed by atoms with Gasteiger partial charge in [-0.2, -0.15) is 0 Å². The van der Waals surface area contributed by atoms with Crippen LogP contribution in [0, 0.1) is 6.92 Å². The maximum absolute atomic E-state index is 12.4. The molecule has 2 amide bonds. The summed E-state index contributed by atoms with van der Waals surface area (Å²) in [6, 6.07) is 3.97. The highest BCUT2D eigenvalue weighted by Crippen LogP contribution is 2.29. The molecule has 1 aromatic heterocycles. The van der Waals surface area contributed by atoms with Crippen molar-refractivity contribution in [3.63, 3.8) is 0 Å². The highest BCUT2D eigenvalue weighted by Gasteiger charge is 2.28. The maximum atomic E-state index is 12.4. The zero-order chi connectivity index (χ0) is 20.1. The first-order chi connectivity index (χ1) is 13.4. The van der Waals surface area contributed by atoms with E-state index in [1.807, 2.05) is 17.7 Å². The van der Waals surface area contributed by atoms with Gasteiger partial charge in [-0.05, 0) is 44.4 Å². The lowest BCUT2D eigenvalue weighted by Gasteiger charge is -2.13. The number of hydrogen-bond donors (Lipinski definition) is 3. The van der Waals surface area contributed by atoms with Crippen molar-refractivity contribution >= 4 is 21.7 Å². The number of rotatable bonds is 9. The molecule has 0 atom stereocenters. The van der Waals surface area contributed by atoms with Crippen molar-refractivity contribution < 1.29 is 17.9 Å². The van der Waals surface area contributed by atoms with Crippen LogP contribution in [0.5, 0.6) is 5.75 Å². The molecule has 0 bridgehead atoms. The monoisotopic (exact) mass is 407 g/mol. The third-order valence-corrected chi connectivity index (χ3v) is 5.93. The third-order valence-electron chi connectivity index (χ3n) is 4.41. The number of carbonyl (C=O) groups excluding carboxylic acids is 1. The largest absolute Gasteiger partial charge is 0.495 e. The number of nitrogens with zero attached hydrogens (tertiary/aromatic N) is 2. The topological polar surface area (TPSA) is 114 Å². The number of amides is 2. The van der Waals surface area contributed by atoms with Gasteiger partial charge in [0.2, 0.25) is 10.0 Å². The Labute approximate surface area is 164 Å². The van der Waals surface area contributed by atoms with E-state index >= 15 is 0 Å². The zero-order valence-corrected chi connectivity index (χ0v) is 16.8. The van der Waals surface area contributed by atoms with E-state index in [0.717, 1.165) is 31.6 Å². The Bertz CT molecular complexity index is 937. The second kappa shape index (κ2) is 8.61. The van der Waals surface area contributed by atoms with Crippen LogP contribution < -0.4 is 20.1 Å². The summed E-state index contributed by atoms with van der Waals surface area (Å²) in [5, 5.41) is 5.42. The van der Waals surface area contributed by atoms with Crippen LogP contribution in [0.15, 0.2) is 35.5 Å². The Balaban J connectivity index is 1.57. The van der Waals surface area contributed by atoms with Crippen LogP contribution in [0.4, 0.5) is 10.5 Å². The fourth-order valence-electron chi connectivity index (χ4n) is 2.70. The average Bonchev–Trinajstić information content (AvgIpc) is 3.37. The highest BCUT2D eigenvalue weighted by atomic mass is 32.2. The van der Waals surface area contributed by atoms with E-state index in [1.165, 1.54) is 25.3 Å². The van der Waals surface area contributed by atoms with Crippen LogP contribution >= 0.6 is 0 Å². The van der Waals surface area contributed by atoms with E-state index in [4.69, 9.17) is 4.74 Å². The number of hydrogen-bond acceptors (Lipinski definition) is 5. The minimum absolute atomic E-state index is 0.00550. The van der Waals surface area contributed by atoms with Gasteiger partial charge in [-0.25, -0.2) is 22.9 Å². The van der Waals surface area contributed by atoms with Crippen LogP contribution in [0.1, 0.15) is 25.1 Å². The second-order valence-corrected chi connectivity index (χ2v) is 8.37. The molecule has 2 aromatic rings. The van der Waals surface area contributed by atoms with Crippen LogP contribution in [0.3, 0.4) is 0 Å². The van der Waals surface area contributed by atoms with Gasteiger partial charge in [-0.15, -0.1) is 0 Å². The molecule has 1 heterocycles. The standard InChI is InChI=1S/C18H25N5O4S/c1-13-19-9-11-23(13)10-3-8-20-18(24)21-16-12-15(6-7-17(16)27-2)28(25,26)22-14-4-5-14/h6-7,9,11-12,14,22H,3-5,8,10H2,1-2H3,(H2,20,21,24). The molecule has 10 heteroatoms. The second-order valence-electron chi connectivity index (χ2n) is 6.66. The molecule has 9 nitrogen and oxygen atoms in total. The molecule has 1 aromatic carbocycles. The molecule has 1 saturated carbocycles. The van der Waals surface area contributed by atoms with Gasteiger partial charge in [0.05, 0.1) is 17.7 Å². The van der Waals surface area contributed by atoms with Crippen LogP contribution in [0.2, 0.25) is 0 Å². The van der Waals surface area contributed by atoms with Crippen LogP contribution in [-0.2, 0) is 16.6 Å². The number of urea groups is 1. The smallest absolute Gasteiger partial charge is 0.319 e. The fourth-order valence-corrected chi connectivity index (χ4v) is 4.03. The summed E-state index contributed by atoms with van der Waals surface area (Å²) in [6.45, 7) is 3.13. The van der Waals surface area contributed by atoms with Gasteiger partial charge >= 0.3 is 6.03 Å². The predicted octanol–water partition coefficient (Wildman–Crippen LogP) is 1.85. The summed E-state index contributed by atoms with van der Waals surface area (Å²) in [6.07, 6.45) is 6.06. The minimum atomic E-state index is -3.62. The molecule has 28 heavy (non-hydrogen) atoms. The Morgan fingerprint density at radius 3 is 2.79 bits per heavy atom. The number of imidazole rings is 1. The Hall–Kier alpha value is -2.59. The van der Waals surface area contributed by atoms with Gasteiger partial charge in [0.1, 0.15) is 11.6 Å². The average molecular weight is 407 g/mol. The summed E-state index contributed by atoms with van der Waals surface area (Å²) < 4.78 is 34.6. The zero-order valence-electron chi connectivity index (χ0n) is 15.9. The van der Waals surface area contributed by atoms with Crippen molar-refractivity contribution in [1.29, 1.82) is 0 Å². The molecule has 0 spiro atoms. The molecular weight excluding hydrogens is 382 g/mol.